The largest absolute Gasteiger partial charge is 0.392 e. The fraction of sp³-hybridized carbons (Fsp3) is 0.417. The topological polar surface area (TPSA) is 44.0 Å². The maximum Gasteiger partial charge on any atom is 0.0991 e. The summed E-state index contributed by atoms with van der Waals surface area (Å²) in [4.78, 5) is 0. The van der Waals surface area contributed by atoms with Crippen molar-refractivity contribution in [1.29, 1.82) is 5.26 Å². The van der Waals surface area contributed by atoms with Crippen molar-refractivity contribution in [1.82, 2.24) is 0 Å². The van der Waals surface area contributed by atoms with Crippen molar-refractivity contribution in [2.24, 2.45) is 0 Å². The Morgan fingerprint density at radius 2 is 2.20 bits per heavy atom. The van der Waals surface area contributed by atoms with Crippen molar-refractivity contribution in [3.63, 3.8) is 0 Å². The van der Waals surface area contributed by atoms with E-state index in [1.54, 1.807) is 24.8 Å². The van der Waals surface area contributed by atoms with Crippen LogP contribution >= 0.6 is 11.8 Å². The molecule has 1 N–H and O–H groups in total. The van der Waals surface area contributed by atoms with Crippen LogP contribution < -0.4 is 0 Å². The zero-order valence-electron chi connectivity index (χ0n) is 8.97. The van der Waals surface area contributed by atoms with Crippen LogP contribution in [0, 0.1) is 11.3 Å². The summed E-state index contributed by atoms with van der Waals surface area (Å²) in [6, 6.07) is 9.70. The Morgan fingerprint density at radius 3 is 2.80 bits per heavy atom. The highest BCUT2D eigenvalue weighted by atomic mass is 32.2. The van der Waals surface area contributed by atoms with Crippen LogP contribution in [0.1, 0.15) is 25.0 Å². The molecule has 1 aromatic rings. The van der Waals surface area contributed by atoms with Gasteiger partial charge in [0.2, 0.25) is 0 Å². The fourth-order valence-corrected chi connectivity index (χ4v) is 2.01. The van der Waals surface area contributed by atoms with Crippen LogP contribution in [0.2, 0.25) is 0 Å². The van der Waals surface area contributed by atoms with Gasteiger partial charge in [-0.15, -0.1) is 0 Å². The van der Waals surface area contributed by atoms with E-state index in [2.05, 4.69) is 6.07 Å². The van der Waals surface area contributed by atoms with Gasteiger partial charge < -0.3 is 5.11 Å². The number of nitrogens with zero attached hydrogens (tertiary/aromatic N) is 1. The minimum Gasteiger partial charge on any atom is -0.392 e. The van der Waals surface area contributed by atoms with Crippen LogP contribution in [0.4, 0.5) is 0 Å². The quantitative estimate of drug-likeness (QED) is 0.849. The van der Waals surface area contributed by atoms with Crippen molar-refractivity contribution in [2.75, 3.05) is 0 Å². The highest BCUT2D eigenvalue weighted by molar-refractivity contribution is 7.99. The molecule has 0 saturated heterocycles. The predicted molar refractivity (Wildman–Crippen MR) is 63.6 cm³/mol. The number of hydrogen-bond donors (Lipinski definition) is 1. The summed E-state index contributed by atoms with van der Waals surface area (Å²) in [6.07, 6.45) is -0.297. The van der Waals surface area contributed by atoms with Gasteiger partial charge in [0.25, 0.3) is 0 Å². The average molecular weight is 221 g/mol. The van der Waals surface area contributed by atoms with Crippen LogP contribution in [0.25, 0.3) is 0 Å². The summed E-state index contributed by atoms with van der Waals surface area (Å²) in [7, 11) is 0. The van der Waals surface area contributed by atoms with E-state index in [1.807, 2.05) is 25.1 Å². The van der Waals surface area contributed by atoms with E-state index in [-0.39, 0.29) is 11.4 Å². The summed E-state index contributed by atoms with van der Waals surface area (Å²) in [6.45, 7) is 3.80. The molecular formula is C12H15NOS. The molecule has 0 amide bonds. The molecule has 2 nitrogen and oxygen atoms in total. The minimum absolute atomic E-state index is 0.218. The molecule has 0 saturated carbocycles. The van der Waals surface area contributed by atoms with E-state index in [4.69, 9.17) is 5.26 Å². The number of aliphatic hydroxyl groups excluding tert-OH is 1. The van der Waals surface area contributed by atoms with Crippen LogP contribution in [-0.2, 0) is 5.75 Å². The molecule has 0 aliphatic carbocycles. The van der Waals surface area contributed by atoms with E-state index in [0.717, 1.165) is 11.3 Å². The van der Waals surface area contributed by atoms with E-state index < -0.39 is 0 Å². The second kappa shape index (κ2) is 5.79. The summed E-state index contributed by atoms with van der Waals surface area (Å²) in [5.41, 5.74) is 1.82. The normalized spacial score (nSPS) is 14.3. The van der Waals surface area contributed by atoms with E-state index in [1.165, 1.54) is 0 Å². The Labute approximate surface area is 94.9 Å². The average Bonchev–Trinajstić information content (AvgIpc) is 2.26. The first kappa shape index (κ1) is 12.1. The van der Waals surface area contributed by atoms with Gasteiger partial charge in [0.1, 0.15) is 0 Å². The molecule has 0 aliphatic rings. The van der Waals surface area contributed by atoms with E-state index >= 15 is 0 Å². The maximum absolute atomic E-state index is 9.33. The molecule has 0 radical (unpaired) electrons. The molecule has 0 spiro atoms. The third-order valence-electron chi connectivity index (χ3n) is 2.25. The Balaban J connectivity index is 2.55. The van der Waals surface area contributed by atoms with Gasteiger partial charge in [0.15, 0.2) is 0 Å². The number of benzene rings is 1. The lowest BCUT2D eigenvalue weighted by Crippen LogP contribution is -2.15. The fourth-order valence-electron chi connectivity index (χ4n) is 1.10. The third-order valence-corrected chi connectivity index (χ3v) is 3.67. The smallest absolute Gasteiger partial charge is 0.0991 e. The SMILES string of the molecule is CC(O)C(C)SCc1cccc(C#N)c1. The van der Waals surface area contributed by atoms with E-state index in [0.29, 0.717) is 5.56 Å². The molecule has 0 heterocycles. The minimum atomic E-state index is -0.297. The van der Waals surface area contributed by atoms with Crippen LogP contribution in [0.15, 0.2) is 24.3 Å². The lowest BCUT2D eigenvalue weighted by molar-refractivity contribution is 0.196. The van der Waals surface area contributed by atoms with Crippen molar-refractivity contribution < 1.29 is 5.11 Å². The number of nitriles is 1. The zero-order valence-corrected chi connectivity index (χ0v) is 9.79. The van der Waals surface area contributed by atoms with Crippen LogP contribution in [0.5, 0.6) is 0 Å². The molecular weight excluding hydrogens is 206 g/mol. The summed E-state index contributed by atoms with van der Waals surface area (Å²) >= 11 is 1.70. The van der Waals surface area contributed by atoms with E-state index in [9.17, 15) is 5.11 Å². The van der Waals surface area contributed by atoms with Gasteiger partial charge in [0.05, 0.1) is 17.7 Å². The highest BCUT2D eigenvalue weighted by Gasteiger charge is 2.08. The Hall–Kier alpha value is -0.980. The van der Waals surface area contributed by atoms with Crippen molar-refractivity contribution in [3.8, 4) is 6.07 Å². The summed E-state index contributed by atoms with van der Waals surface area (Å²) in [5, 5.41) is 18.3. The van der Waals surface area contributed by atoms with Gasteiger partial charge in [-0.2, -0.15) is 17.0 Å². The molecule has 0 aromatic heterocycles. The molecule has 15 heavy (non-hydrogen) atoms. The molecule has 1 rings (SSSR count). The summed E-state index contributed by atoms with van der Waals surface area (Å²) < 4.78 is 0. The van der Waals surface area contributed by atoms with Crippen molar-refractivity contribution in [3.05, 3.63) is 35.4 Å². The zero-order chi connectivity index (χ0) is 11.3. The first-order valence-electron chi connectivity index (χ1n) is 4.92. The second-order valence-corrected chi connectivity index (χ2v) is 4.93. The molecule has 2 unspecified atom stereocenters. The van der Waals surface area contributed by atoms with Crippen LogP contribution in [0.3, 0.4) is 0 Å². The Bertz CT molecular complexity index is 357. The van der Waals surface area contributed by atoms with Gasteiger partial charge >= 0.3 is 0 Å². The first-order chi connectivity index (χ1) is 7.13. The molecule has 0 bridgehead atoms. The number of thioether (sulfide) groups is 1. The monoisotopic (exact) mass is 221 g/mol. The van der Waals surface area contributed by atoms with Gasteiger partial charge in [0, 0.05) is 11.0 Å². The summed E-state index contributed by atoms with van der Waals surface area (Å²) in [5.74, 6) is 0.835. The molecule has 3 heteroatoms. The third kappa shape index (κ3) is 3.94. The van der Waals surface area contributed by atoms with Gasteiger partial charge in [-0.1, -0.05) is 19.1 Å². The lowest BCUT2D eigenvalue weighted by atomic mass is 10.2. The first-order valence-corrected chi connectivity index (χ1v) is 5.97. The highest BCUT2D eigenvalue weighted by Crippen LogP contribution is 2.20. The number of hydrogen-bond acceptors (Lipinski definition) is 3. The van der Waals surface area contributed by atoms with Crippen molar-refractivity contribution in [2.45, 2.75) is 31.0 Å². The maximum atomic E-state index is 9.33. The van der Waals surface area contributed by atoms with Gasteiger partial charge in [-0.3, -0.25) is 0 Å². The second-order valence-electron chi connectivity index (χ2n) is 3.57. The molecule has 2 atom stereocenters. The van der Waals surface area contributed by atoms with Crippen LogP contribution in [-0.4, -0.2) is 16.5 Å². The number of aliphatic hydroxyl groups is 1. The molecule has 1 aromatic carbocycles. The standard InChI is InChI=1S/C12H15NOS/c1-9(14)10(2)15-8-12-5-3-4-11(6-12)7-13/h3-6,9-10,14H,8H2,1-2H3. The van der Waals surface area contributed by atoms with Gasteiger partial charge in [-0.05, 0) is 24.6 Å². The Kier molecular flexibility index (Phi) is 4.67. The molecule has 80 valence electrons. The van der Waals surface area contributed by atoms with Gasteiger partial charge in [-0.25, -0.2) is 0 Å². The number of rotatable bonds is 4. The predicted octanol–water partition coefficient (Wildman–Crippen LogP) is 2.56. The molecule has 0 fully saturated rings. The Morgan fingerprint density at radius 1 is 1.47 bits per heavy atom. The van der Waals surface area contributed by atoms with Crippen molar-refractivity contribution >= 4 is 11.8 Å². The molecule has 0 aliphatic heterocycles. The lowest BCUT2D eigenvalue weighted by Gasteiger charge is -2.13.